The normalized spacial score (nSPS) is 10.9. The van der Waals surface area contributed by atoms with E-state index >= 15 is 0 Å². The summed E-state index contributed by atoms with van der Waals surface area (Å²) in [6.07, 6.45) is -0.146. The number of thiophene rings is 1. The van der Waals surface area contributed by atoms with Crippen LogP contribution in [-0.4, -0.2) is 38.9 Å². The molecule has 2 aromatic carbocycles. The van der Waals surface area contributed by atoms with Crippen molar-refractivity contribution in [3.8, 4) is 0 Å². The average Bonchev–Trinajstić information content (AvgIpc) is 3.37. The van der Waals surface area contributed by atoms with Gasteiger partial charge in [0.25, 0.3) is 5.91 Å². The molecular weight excluding hydrogens is 452 g/mol. The second kappa shape index (κ2) is 9.75. The van der Waals surface area contributed by atoms with Crippen molar-refractivity contribution in [2.75, 3.05) is 16.8 Å². The Hall–Kier alpha value is -4.18. The Labute approximate surface area is 200 Å². The number of carboxylic acids is 1. The lowest BCUT2D eigenvalue weighted by Crippen LogP contribution is -2.32. The highest BCUT2D eigenvalue weighted by atomic mass is 32.1. The molecule has 174 valence electrons. The smallest absolute Gasteiger partial charge is 0.305 e. The Morgan fingerprint density at radius 1 is 1.18 bits per heavy atom. The maximum absolute atomic E-state index is 13.3. The fraction of sp³-hybridized carbons (Fsp3) is 0.167. The molecule has 0 atom stereocenters. The zero-order valence-electron chi connectivity index (χ0n) is 18.5. The number of nitrogens with two attached hydrogens (primary N) is 1. The summed E-state index contributed by atoms with van der Waals surface area (Å²) in [7, 11) is 1.89. The van der Waals surface area contributed by atoms with Crippen molar-refractivity contribution in [2.45, 2.75) is 13.0 Å². The topological polar surface area (TPSA) is 137 Å². The molecule has 1 amide bonds. The van der Waals surface area contributed by atoms with Crippen LogP contribution in [0.1, 0.15) is 27.5 Å². The number of aromatic nitrogens is 2. The monoisotopic (exact) mass is 476 g/mol. The largest absolute Gasteiger partial charge is 0.481 e. The molecule has 10 heteroatoms. The predicted octanol–water partition coefficient (Wildman–Crippen LogP) is 3.65. The Kier molecular flexibility index (Phi) is 6.60. The number of amidine groups is 1. The highest BCUT2D eigenvalue weighted by Gasteiger charge is 2.22. The van der Waals surface area contributed by atoms with Crippen LogP contribution in [0.15, 0.2) is 60.7 Å². The average molecular weight is 477 g/mol. The first kappa shape index (κ1) is 23.0. The minimum atomic E-state index is -0.959. The van der Waals surface area contributed by atoms with Crippen molar-refractivity contribution in [2.24, 2.45) is 12.8 Å². The fourth-order valence-electron chi connectivity index (χ4n) is 3.53. The molecular formula is C24H24N6O3S. The van der Waals surface area contributed by atoms with E-state index in [4.69, 9.17) is 16.2 Å². The molecule has 0 fully saturated rings. The van der Waals surface area contributed by atoms with Crippen molar-refractivity contribution in [1.29, 1.82) is 5.41 Å². The molecule has 0 radical (unpaired) electrons. The van der Waals surface area contributed by atoms with E-state index in [9.17, 15) is 9.59 Å². The van der Waals surface area contributed by atoms with E-state index < -0.39 is 5.97 Å². The number of amides is 1. The lowest BCUT2D eigenvalue weighted by molar-refractivity contribution is -0.136. The molecule has 9 nitrogen and oxygen atoms in total. The zero-order chi connectivity index (χ0) is 24.2. The van der Waals surface area contributed by atoms with Crippen molar-refractivity contribution in [1.82, 2.24) is 9.55 Å². The number of carboxylic acid groups (broad SMARTS) is 1. The molecule has 4 rings (SSSR count). The van der Waals surface area contributed by atoms with Crippen LogP contribution in [0, 0.1) is 5.41 Å². The number of nitrogen functional groups attached to an aromatic ring is 1. The van der Waals surface area contributed by atoms with Crippen LogP contribution in [0.5, 0.6) is 0 Å². The highest BCUT2D eigenvalue weighted by molar-refractivity contribution is 7.20. The molecule has 2 heterocycles. The minimum Gasteiger partial charge on any atom is -0.481 e. The third kappa shape index (κ3) is 4.91. The number of carbonyl (C=O) groups is 2. The van der Waals surface area contributed by atoms with E-state index in [1.54, 1.807) is 30.3 Å². The first-order valence-corrected chi connectivity index (χ1v) is 11.4. The third-order valence-electron chi connectivity index (χ3n) is 5.39. The Bertz CT molecular complexity index is 1340. The van der Waals surface area contributed by atoms with Gasteiger partial charge < -0.3 is 25.6 Å². The SMILES string of the molecule is Cn1c(CNc2ccc(C(=N)N)cc2)nc2sc(C(=O)N(CCC(=O)O)c3ccccc3)cc21. The van der Waals surface area contributed by atoms with E-state index in [2.05, 4.69) is 10.3 Å². The number of nitrogens with one attached hydrogen (secondary N) is 2. The second-order valence-electron chi connectivity index (χ2n) is 7.67. The molecule has 0 spiro atoms. The molecule has 0 aliphatic carbocycles. The summed E-state index contributed by atoms with van der Waals surface area (Å²) in [4.78, 5) is 31.8. The van der Waals surface area contributed by atoms with Gasteiger partial charge in [-0.2, -0.15) is 0 Å². The van der Waals surface area contributed by atoms with Crippen molar-refractivity contribution in [3.05, 3.63) is 76.9 Å². The summed E-state index contributed by atoms with van der Waals surface area (Å²) in [5.74, 6) is -0.378. The lowest BCUT2D eigenvalue weighted by Gasteiger charge is -2.21. The van der Waals surface area contributed by atoms with E-state index in [1.807, 2.05) is 41.9 Å². The third-order valence-corrected chi connectivity index (χ3v) is 6.40. The number of anilines is 2. The highest BCUT2D eigenvalue weighted by Crippen LogP contribution is 2.28. The Morgan fingerprint density at radius 3 is 2.50 bits per heavy atom. The second-order valence-corrected chi connectivity index (χ2v) is 8.70. The fourth-order valence-corrected chi connectivity index (χ4v) is 4.56. The first-order chi connectivity index (χ1) is 16.3. The molecule has 0 bridgehead atoms. The molecule has 0 saturated heterocycles. The van der Waals surface area contributed by atoms with Crippen LogP contribution in [0.4, 0.5) is 11.4 Å². The molecule has 2 aromatic heterocycles. The van der Waals surface area contributed by atoms with Gasteiger partial charge in [-0.3, -0.25) is 15.0 Å². The molecule has 0 unspecified atom stereocenters. The lowest BCUT2D eigenvalue weighted by atomic mass is 10.2. The number of para-hydroxylation sites is 1. The number of aliphatic carboxylic acids is 1. The Morgan fingerprint density at radius 2 is 1.88 bits per heavy atom. The van der Waals surface area contributed by atoms with Gasteiger partial charge in [0.1, 0.15) is 16.5 Å². The molecule has 5 N–H and O–H groups in total. The van der Waals surface area contributed by atoms with Gasteiger partial charge in [0.2, 0.25) is 0 Å². The maximum atomic E-state index is 13.3. The number of imidazole rings is 1. The Balaban J connectivity index is 1.52. The van der Waals surface area contributed by atoms with Crippen LogP contribution >= 0.6 is 11.3 Å². The zero-order valence-corrected chi connectivity index (χ0v) is 19.3. The van der Waals surface area contributed by atoms with E-state index in [0.29, 0.717) is 22.7 Å². The van der Waals surface area contributed by atoms with Gasteiger partial charge in [0, 0.05) is 30.5 Å². The number of nitrogens with zero attached hydrogens (tertiary/aromatic N) is 3. The van der Waals surface area contributed by atoms with Crippen LogP contribution in [0.3, 0.4) is 0 Å². The standard InChI is InChI=1S/C24H24N6O3S/c1-29-18-13-19(24(33)30(12-11-21(31)32)17-5-3-2-4-6-17)34-23(18)28-20(29)14-27-16-9-7-15(8-10-16)22(25)26/h2-10,13,27H,11-12,14H2,1H3,(H3,25,26)(H,31,32). The predicted molar refractivity (Wildman–Crippen MR) is 134 cm³/mol. The van der Waals surface area contributed by atoms with Gasteiger partial charge in [0.05, 0.1) is 23.4 Å². The molecule has 0 aliphatic heterocycles. The van der Waals surface area contributed by atoms with Crippen molar-refractivity contribution < 1.29 is 14.7 Å². The summed E-state index contributed by atoms with van der Waals surface area (Å²) < 4.78 is 1.93. The van der Waals surface area contributed by atoms with Gasteiger partial charge in [-0.05, 0) is 42.5 Å². The van der Waals surface area contributed by atoms with Crippen LogP contribution < -0.4 is 16.0 Å². The first-order valence-electron chi connectivity index (χ1n) is 10.6. The van der Waals surface area contributed by atoms with Gasteiger partial charge in [-0.25, -0.2) is 4.98 Å². The molecule has 0 aliphatic rings. The maximum Gasteiger partial charge on any atom is 0.305 e. The van der Waals surface area contributed by atoms with Gasteiger partial charge in [-0.15, -0.1) is 11.3 Å². The number of fused-ring (bicyclic) bond motifs is 1. The van der Waals surface area contributed by atoms with Crippen molar-refractivity contribution in [3.63, 3.8) is 0 Å². The number of benzene rings is 2. The summed E-state index contributed by atoms with van der Waals surface area (Å²) in [5, 5.41) is 19.9. The number of hydrogen-bond donors (Lipinski definition) is 4. The molecule has 4 aromatic rings. The van der Waals surface area contributed by atoms with E-state index in [1.165, 1.54) is 16.2 Å². The van der Waals surface area contributed by atoms with E-state index in [-0.39, 0.29) is 24.7 Å². The van der Waals surface area contributed by atoms with Crippen LogP contribution in [0.25, 0.3) is 10.3 Å². The molecule has 0 saturated carbocycles. The number of hydrogen-bond acceptors (Lipinski definition) is 6. The minimum absolute atomic E-state index is 0.0232. The number of rotatable bonds is 9. The summed E-state index contributed by atoms with van der Waals surface area (Å²) in [5.41, 5.74) is 8.52. The van der Waals surface area contributed by atoms with Crippen LogP contribution in [0.2, 0.25) is 0 Å². The number of carbonyl (C=O) groups excluding carboxylic acids is 1. The van der Waals surface area contributed by atoms with Gasteiger partial charge >= 0.3 is 5.97 Å². The van der Waals surface area contributed by atoms with Crippen LogP contribution in [-0.2, 0) is 18.4 Å². The summed E-state index contributed by atoms with van der Waals surface area (Å²) in [6, 6.07) is 18.1. The quantitative estimate of drug-likeness (QED) is 0.215. The van der Waals surface area contributed by atoms with E-state index in [0.717, 1.165) is 21.9 Å². The number of aryl methyl sites for hydroxylation is 1. The summed E-state index contributed by atoms with van der Waals surface area (Å²) >= 11 is 1.29. The van der Waals surface area contributed by atoms with Crippen molar-refractivity contribution >= 4 is 50.8 Å². The summed E-state index contributed by atoms with van der Waals surface area (Å²) in [6.45, 7) is 0.562. The van der Waals surface area contributed by atoms with Gasteiger partial charge in [0.15, 0.2) is 0 Å². The van der Waals surface area contributed by atoms with Gasteiger partial charge in [-0.1, -0.05) is 18.2 Å². The molecule has 34 heavy (non-hydrogen) atoms.